The molecule has 0 amide bonds. The Morgan fingerprint density at radius 1 is 0.434 bits per heavy atom. The van der Waals surface area contributed by atoms with E-state index in [9.17, 15) is 27.5 Å². The number of halogens is 7. The van der Waals surface area contributed by atoms with Crippen LogP contribution in [0.5, 0.6) is 5.75 Å². The van der Waals surface area contributed by atoms with Crippen LogP contribution in [0.1, 0.15) is 166 Å². The van der Waals surface area contributed by atoms with E-state index >= 15 is 0 Å². The molecule has 0 spiro atoms. The maximum atomic E-state index is 14.3. The van der Waals surface area contributed by atoms with Crippen LogP contribution in [0, 0.1) is 105 Å². The van der Waals surface area contributed by atoms with E-state index in [1.165, 1.54) is 49.7 Å². The Hall–Kier alpha value is -10.9. The molecule has 1 aliphatic carbocycles. The molecule has 1 unspecified atom stereocenters. The van der Waals surface area contributed by atoms with Crippen LogP contribution >= 0.6 is 34.8 Å². The van der Waals surface area contributed by atoms with E-state index < -0.39 is 11.9 Å². The van der Waals surface area contributed by atoms with Gasteiger partial charge in [0.25, 0.3) is 0 Å². The van der Waals surface area contributed by atoms with Crippen LogP contribution < -0.4 is 35.4 Å². The quantitative estimate of drug-likeness (QED) is 0.0534. The number of hydrogen-bond donors (Lipinski definition) is 4. The van der Waals surface area contributed by atoms with Crippen molar-refractivity contribution in [2.75, 3.05) is 92.0 Å². The molecule has 5 fully saturated rings. The van der Waals surface area contributed by atoms with Gasteiger partial charge in [0.2, 0.25) is 23.8 Å². The average molecular weight is 1810 g/mol. The summed E-state index contributed by atoms with van der Waals surface area (Å²) in [4.78, 5) is 39.1. The molecule has 4 N–H and O–H groups in total. The maximum absolute atomic E-state index is 14.3. The molecule has 4 aliphatic heterocycles. The van der Waals surface area contributed by atoms with Crippen LogP contribution in [-0.4, -0.2) is 127 Å². The molecule has 1 atom stereocenters. The number of fused-ring (bicyclic) bond motifs is 4. The van der Waals surface area contributed by atoms with E-state index in [0.717, 1.165) is 221 Å². The summed E-state index contributed by atoms with van der Waals surface area (Å²) in [5.41, 5.74) is 25.2. The zero-order valence-corrected chi connectivity index (χ0v) is 78.4. The van der Waals surface area contributed by atoms with Crippen molar-refractivity contribution in [2.45, 2.75) is 185 Å². The molecule has 0 radical (unpaired) electrons. The number of aryl methyl sites for hydroxylation is 11. The van der Waals surface area contributed by atoms with E-state index in [4.69, 9.17) is 59.5 Å². The number of benzene rings is 10. The smallest absolute Gasteiger partial charge is 0.310 e. The lowest BCUT2D eigenvalue weighted by Crippen LogP contribution is -2.45. The van der Waals surface area contributed by atoms with Crippen LogP contribution in [0.2, 0.25) is 15.1 Å². The van der Waals surface area contributed by atoms with Gasteiger partial charge in [0, 0.05) is 110 Å². The van der Waals surface area contributed by atoms with Crippen molar-refractivity contribution in [3.8, 4) is 28.0 Å². The molecule has 17 nitrogen and oxygen atoms in total. The number of piperazine rings is 1. The fourth-order valence-electron chi connectivity index (χ4n) is 19.3. The number of nitrogens with one attached hydrogen (secondary N) is 3. The first kappa shape index (κ1) is 91.4. The lowest BCUT2D eigenvalue weighted by molar-refractivity contribution is -0.138. The van der Waals surface area contributed by atoms with Gasteiger partial charge in [-0.05, 0) is 296 Å². The van der Waals surface area contributed by atoms with Crippen LogP contribution in [0.3, 0.4) is 0 Å². The van der Waals surface area contributed by atoms with Gasteiger partial charge in [-0.3, -0.25) is 4.79 Å². The van der Waals surface area contributed by atoms with Gasteiger partial charge < -0.3 is 58.8 Å². The number of carboxylic acid groups (broad SMARTS) is 1. The third-order valence-electron chi connectivity index (χ3n) is 26.0. The third kappa shape index (κ3) is 20.2. The predicted molar refractivity (Wildman–Crippen MR) is 520 cm³/mol. The van der Waals surface area contributed by atoms with E-state index in [1.807, 2.05) is 139 Å². The number of nitrogens with zero attached hydrogens (tertiary/aromatic N) is 11. The number of aliphatic carboxylic acids is 1. The number of carbonyl (C=O) groups is 1. The number of hydrogen-bond acceptors (Lipinski definition) is 12. The molecule has 4 aromatic heterocycles. The van der Waals surface area contributed by atoms with Gasteiger partial charge >= 0.3 is 5.97 Å². The van der Waals surface area contributed by atoms with Crippen LogP contribution in [0.4, 0.5) is 41.4 Å². The highest BCUT2D eigenvalue weighted by molar-refractivity contribution is 6.34. The zero-order chi connectivity index (χ0) is 90.7. The van der Waals surface area contributed by atoms with E-state index in [1.54, 1.807) is 26.8 Å². The van der Waals surface area contributed by atoms with Gasteiger partial charge in [-0.15, -0.1) is 0 Å². The lowest BCUT2D eigenvalue weighted by Gasteiger charge is -2.29. The first-order chi connectivity index (χ1) is 62.1. The Kier molecular flexibility index (Phi) is 28.2. The van der Waals surface area contributed by atoms with Crippen molar-refractivity contribution in [3.63, 3.8) is 0 Å². The average Bonchev–Trinajstić information content (AvgIpc) is 1.61. The highest BCUT2D eigenvalue weighted by Gasteiger charge is 2.31. The predicted octanol–water partition coefficient (Wildman–Crippen LogP) is 24.1. The first-order valence-corrected chi connectivity index (χ1v) is 46.8. The lowest BCUT2D eigenvalue weighted by atomic mass is 9.99. The molecule has 24 heteroatoms. The molecule has 0 bridgehead atoms. The summed E-state index contributed by atoms with van der Waals surface area (Å²) in [7, 11) is 0. The summed E-state index contributed by atoms with van der Waals surface area (Å²) in [5.74, 6) is 2.87. The second-order valence-corrected chi connectivity index (χ2v) is 37.6. The molecule has 8 heterocycles. The molecule has 129 heavy (non-hydrogen) atoms. The second-order valence-electron chi connectivity index (χ2n) is 36.3. The third-order valence-corrected chi connectivity index (χ3v) is 26.8. The Morgan fingerprint density at radius 2 is 0.837 bits per heavy atom. The van der Waals surface area contributed by atoms with Crippen molar-refractivity contribution in [2.24, 2.45) is 5.92 Å². The maximum Gasteiger partial charge on any atom is 0.310 e. The number of ether oxygens (including phenoxy) is 1. The number of imidazole rings is 4. The monoisotopic (exact) mass is 1800 g/mol. The molecular weight excluding hydrogens is 1690 g/mol. The number of anilines is 4. The van der Waals surface area contributed by atoms with Crippen molar-refractivity contribution in [1.29, 1.82) is 0 Å². The molecule has 5 aliphatic rings. The van der Waals surface area contributed by atoms with Crippen LogP contribution in [0.15, 0.2) is 146 Å². The Bertz CT molecular complexity index is 6410. The summed E-state index contributed by atoms with van der Waals surface area (Å²) >= 11 is 19.6. The molecular formula is C105H117Cl3F4N14O3. The zero-order valence-electron chi connectivity index (χ0n) is 76.1. The summed E-state index contributed by atoms with van der Waals surface area (Å²) in [6, 6.07) is 47.9. The fraction of sp³-hybridized carbons (Fsp3) is 0.381. The summed E-state index contributed by atoms with van der Waals surface area (Å²) < 4.78 is 72.3. The molecule has 19 rings (SSSR count). The Balaban J connectivity index is 0.000000126. The Labute approximate surface area is 769 Å². The molecule has 4 saturated heterocycles. The summed E-state index contributed by atoms with van der Waals surface area (Å²) in [5, 5.41) is 21.8. The second kappa shape index (κ2) is 39.8. The SMILES string of the molecule is Cc1cc(-c2ccccc2Cl)c2nc(N3CCCCC3)n(Cc3cc(C)c(F)c(C)c3)c2c1.Cc1cc(Cn2c(N3CCCCC3)nc3c(C(C)C(=O)O)cc(Cl)cc32)cc(C)c1F.Cc1cc(OC2CCCC2)c2nc(N3CCNCC3)n(Cc3cc(C)c(F)c(C)c3)c2c1.Cc1ccccc1-c1cc(Cl)cc2c1nc(NCC1CNC1)n2Cc1cc(C)c(F)c(C)c1. The summed E-state index contributed by atoms with van der Waals surface area (Å²) in [6.45, 7) is 35.3. The van der Waals surface area contributed by atoms with E-state index in [2.05, 4.69) is 112 Å². The van der Waals surface area contributed by atoms with Crippen LogP contribution in [0.25, 0.3) is 66.4 Å². The largest absolute Gasteiger partial charge is 0.488 e. The van der Waals surface area contributed by atoms with E-state index in [-0.39, 0.29) is 29.4 Å². The number of rotatable bonds is 20. The first-order valence-electron chi connectivity index (χ1n) is 45.6. The van der Waals surface area contributed by atoms with Crippen molar-refractivity contribution >= 4 is 109 Å². The van der Waals surface area contributed by atoms with Crippen molar-refractivity contribution in [1.82, 2.24) is 48.8 Å². The van der Waals surface area contributed by atoms with E-state index in [0.29, 0.717) is 97.7 Å². The molecule has 14 aromatic rings. The highest BCUT2D eigenvalue weighted by atomic mass is 35.5. The van der Waals surface area contributed by atoms with Gasteiger partial charge in [0.1, 0.15) is 34.5 Å². The van der Waals surface area contributed by atoms with Crippen molar-refractivity contribution in [3.05, 3.63) is 273 Å². The highest BCUT2D eigenvalue weighted by Crippen LogP contribution is 2.42. The standard InChI is InChI=1S/C28H29ClFN3.C27H28ClFN4.C26H33FN4O.C24H27ClFN3O2/c1-18-13-23(22-9-5-6-10-24(22)29)27-25(14-18)33(28(31-27)32-11-7-4-8-12-32)17-21-15-19(2)26(30)20(3)16-21;1-16-6-4-5-7-22(16)23-10-21(28)11-24-26(23)32-27(31-14-20-12-30-13-20)33(24)15-19-8-17(2)25(29)18(3)9-19;1-17-12-22-25(23(13-17)32-21-6-4-5-7-21)29-26(30-10-8-28-9-11-30)31(22)16-20-14-18(2)24(27)19(3)15-20;1-14-9-17(10-15(2)21(14)26)13-29-20-12-18(25)11-19(16(3)23(30)31)22(20)27-24(29)28-7-5-4-6-8-28/h5-6,9-10,13-16H,4,7-8,11-12,17H2,1-3H3;4-11,20,30H,12-15H2,1-3H3,(H,31,32);12-15,21,28H,4-11,16H2,1-3H3;9-12,16H,4-8,13H2,1-3H3,(H,30,31). The number of piperidine rings is 2. The Morgan fingerprint density at radius 3 is 1.31 bits per heavy atom. The van der Waals surface area contributed by atoms with Gasteiger partial charge in [0.15, 0.2) is 0 Å². The van der Waals surface area contributed by atoms with Gasteiger partial charge in [0.05, 0.1) is 76.8 Å². The normalized spacial score (nSPS) is 15.3. The minimum atomic E-state index is -0.914. The van der Waals surface area contributed by atoms with Crippen molar-refractivity contribution < 1.29 is 32.2 Å². The van der Waals surface area contributed by atoms with Gasteiger partial charge in [-0.25, -0.2) is 37.5 Å². The minimum Gasteiger partial charge on any atom is -0.488 e. The topological polar surface area (TPSA) is 164 Å². The minimum absolute atomic E-state index is 0.116. The molecule has 10 aromatic carbocycles. The fourth-order valence-corrected chi connectivity index (χ4v) is 19.9. The number of carboxylic acids is 1. The van der Waals surface area contributed by atoms with Gasteiger partial charge in [-0.2, -0.15) is 0 Å². The number of aromatic nitrogens is 8. The molecule has 674 valence electrons. The summed E-state index contributed by atoms with van der Waals surface area (Å²) in [6.07, 6.45) is 12.0. The van der Waals surface area contributed by atoms with Crippen LogP contribution in [-0.2, 0) is 31.0 Å². The van der Waals surface area contributed by atoms with Gasteiger partial charge in [-0.1, -0.05) is 126 Å². The molecule has 1 saturated carbocycles.